The molecule has 0 unspecified atom stereocenters. The summed E-state index contributed by atoms with van der Waals surface area (Å²) < 4.78 is 32.5. The van der Waals surface area contributed by atoms with Crippen LogP contribution >= 0.6 is 0 Å². The molecule has 1 aromatic heterocycles. The first kappa shape index (κ1) is 17.1. The van der Waals surface area contributed by atoms with Gasteiger partial charge in [-0.15, -0.1) is 0 Å². The molecule has 3 N–H and O–H groups in total. The largest absolute Gasteiger partial charge is 0.383 e. The Balaban J connectivity index is 3.04. The van der Waals surface area contributed by atoms with Crippen LogP contribution in [0, 0.1) is 6.92 Å². The smallest absolute Gasteiger partial charge is 0.260 e. The van der Waals surface area contributed by atoms with E-state index in [1.165, 1.54) is 7.11 Å². The molecule has 0 aromatic carbocycles. The van der Waals surface area contributed by atoms with Gasteiger partial charge in [0.2, 0.25) is 0 Å². The molecule has 0 bridgehead atoms. The van der Waals surface area contributed by atoms with E-state index in [-0.39, 0.29) is 11.6 Å². The topological polar surface area (TPSA) is 96.1 Å². The summed E-state index contributed by atoms with van der Waals surface area (Å²) in [6.45, 7) is 8.78. The van der Waals surface area contributed by atoms with Crippen molar-refractivity contribution in [1.29, 1.82) is 0 Å². The third-order valence-corrected chi connectivity index (χ3v) is 4.43. The number of rotatable bonds is 8. The summed E-state index contributed by atoms with van der Waals surface area (Å²) in [5, 5.41) is 9.81. The summed E-state index contributed by atoms with van der Waals surface area (Å²) >= 11 is 0. The number of nitrogens with zero attached hydrogens (tertiary/aromatic N) is 1. The number of sulfonamides is 1. The molecule has 0 fully saturated rings. The van der Waals surface area contributed by atoms with Crippen LogP contribution in [0.4, 0.5) is 0 Å². The van der Waals surface area contributed by atoms with Crippen LogP contribution in [0.3, 0.4) is 0 Å². The Bertz CT molecular complexity index is 537. The molecule has 8 heteroatoms. The normalized spacial score (nSPS) is 12.8. The lowest BCUT2D eigenvalue weighted by Crippen LogP contribution is -2.47. The number of hydrogen-bond acceptors (Lipinski definition) is 5. The molecule has 0 radical (unpaired) electrons. The summed E-state index contributed by atoms with van der Waals surface area (Å²) in [6.07, 6.45) is 0. The number of aryl methyl sites for hydroxylation is 1. The Morgan fingerprint density at radius 2 is 2.05 bits per heavy atom. The van der Waals surface area contributed by atoms with Crippen LogP contribution in [0.25, 0.3) is 0 Å². The second-order valence-electron chi connectivity index (χ2n) is 5.34. The van der Waals surface area contributed by atoms with E-state index in [2.05, 4.69) is 20.2 Å². The van der Waals surface area contributed by atoms with E-state index in [9.17, 15) is 8.42 Å². The van der Waals surface area contributed by atoms with E-state index < -0.39 is 15.6 Å². The van der Waals surface area contributed by atoms with E-state index in [1.54, 1.807) is 20.8 Å². The minimum atomic E-state index is -3.69. The van der Waals surface area contributed by atoms with Gasteiger partial charge in [-0.05, 0) is 27.3 Å². The summed E-state index contributed by atoms with van der Waals surface area (Å²) in [5.74, 6) is 0. The Labute approximate surface area is 120 Å². The summed E-state index contributed by atoms with van der Waals surface area (Å²) in [6, 6.07) is 0. The Morgan fingerprint density at radius 1 is 1.40 bits per heavy atom. The highest BCUT2D eigenvalue weighted by atomic mass is 32.2. The highest BCUT2D eigenvalue weighted by molar-refractivity contribution is 7.89. The molecule has 7 nitrogen and oxygen atoms in total. The van der Waals surface area contributed by atoms with Crippen LogP contribution in [0.2, 0.25) is 0 Å². The molecule has 0 aliphatic heterocycles. The average Bonchev–Trinajstić information content (AvgIpc) is 2.67. The van der Waals surface area contributed by atoms with Crippen molar-refractivity contribution >= 4 is 10.0 Å². The van der Waals surface area contributed by atoms with Gasteiger partial charge in [-0.25, -0.2) is 13.1 Å². The van der Waals surface area contributed by atoms with Crippen molar-refractivity contribution in [3.05, 3.63) is 11.3 Å². The molecular weight excluding hydrogens is 280 g/mol. The Hall–Kier alpha value is -0.960. The van der Waals surface area contributed by atoms with E-state index in [0.717, 1.165) is 12.2 Å². The van der Waals surface area contributed by atoms with Gasteiger partial charge in [0.1, 0.15) is 0 Å². The minimum absolute atomic E-state index is 0.0418. The molecule has 0 aliphatic rings. The van der Waals surface area contributed by atoms with Crippen molar-refractivity contribution in [2.24, 2.45) is 0 Å². The summed E-state index contributed by atoms with van der Waals surface area (Å²) in [4.78, 5) is 0. The van der Waals surface area contributed by atoms with Crippen molar-refractivity contribution in [3.8, 4) is 0 Å². The van der Waals surface area contributed by atoms with E-state index in [4.69, 9.17) is 4.74 Å². The average molecular weight is 304 g/mol. The van der Waals surface area contributed by atoms with Crippen molar-refractivity contribution in [1.82, 2.24) is 20.2 Å². The number of hydrogen-bond donors (Lipinski definition) is 3. The van der Waals surface area contributed by atoms with Gasteiger partial charge in [0.15, 0.2) is 5.03 Å². The molecule has 116 valence electrons. The van der Waals surface area contributed by atoms with Gasteiger partial charge >= 0.3 is 0 Å². The quantitative estimate of drug-likeness (QED) is 0.651. The number of aromatic nitrogens is 2. The maximum atomic E-state index is 12.4. The second-order valence-corrected chi connectivity index (χ2v) is 6.93. The minimum Gasteiger partial charge on any atom is -0.383 e. The van der Waals surface area contributed by atoms with Crippen LogP contribution in [-0.2, 0) is 21.3 Å². The third-order valence-electron chi connectivity index (χ3n) is 2.76. The number of methoxy groups -OCH3 is 1. The van der Waals surface area contributed by atoms with Crippen molar-refractivity contribution in [2.75, 3.05) is 20.3 Å². The lowest BCUT2D eigenvalue weighted by atomic mass is 10.1. The van der Waals surface area contributed by atoms with Crippen LogP contribution in [-0.4, -0.2) is 44.4 Å². The molecule has 1 aromatic rings. The fourth-order valence-corrected chi connectivity index (χ4v) is 3.51. The fourth-order valence-electron chi connectivity index (χ4n) is 1.91. The molecule has 0 amide bonds. The number of nitrogens with one attached hydrogen (secondary N) is 3. The first-order chi connectivity index (χ1) is 9.23. The number of ether oxygens (including phenoxy) is 1. The zero-order valence-electron chi connectivity index (χ0n) is 12.7. The van der Waals surface area contributed by atoms with Gasteiger partial charge in [-0.1, -0.05) is 6.92 Å². The van der Waals surface area contributed by atoms with Crippen molar-refractivity contribution in [3.63, 3.8) is 0 Å². The summed E-state index contributed by atoms with van der Waals surface area (Å²) in [7, 11) is -2.16. The molecule has 0 saturated carbocycles. The Morgan fingerprint density at radius 3 is 2.60 bits per heavy atom. The van der Waals surface area contributed by atoms with E-state index in [0.29, 0.717) is 12.1 Å². The first-order valence-corrected chi connectivity index (χ1v) is 7.99. The van der Waals surface area contributed by atoms with Crippen molar-refractivity contribution in [2.45, 2.75) is 44.8 Å². The third kappa shape index (κ3) is 4.27. The lowest BCUT2D eigenvalue weighted by Gasteiger charge is -2.24. The van der Waals surface area contributed by atoms with Crippen LogP contribution in [0.1, 0.15) is 32.0 Å². The van der Waals surface area contributed by atoms with Crippen LogP contribution in [0.15, 0.2) is 5.03 Å². The molecule has 0 aliphatic carbocycles. The van der Waals surface area contributed by atoms with Gasteiger partial charge in [0.05, 0.1) is 12.1 Å². The van der Waals surface area contributed by atoms with Crippen LogP contribution in [0.5, 0.6) is 0 Å². The van der Waals surface area contributed by atoms with Crippen molar-refractivity contribution < 1.29 is 13.2 Å². The van der Waals surface area contributed by atoms with E-state index in [1.807, 2.05) is 6.92 Å². The SMILES string of the molecule is CCNCc1c(S(=O)(=O)NC(C)(C)COC)n[nH]c1C. The highest BCUT2D eigenvalue weighted by Crippen LogP contribution is 2.18. The molecule has 0 saturated heterocycles. The van der Waals surface area contributed by atoms with Gasteiger partial charge < -0.3 is 10.1 Å². The van der Waals surface area contributed by atoms with Gasteiger partial charge in [0, 0.05) is 24.9 Å². The zero-order valence-corrected chi connectivity index (χ0v) is 13.5. The maximum absolute atomic E-state index is 12.4. The molecule has 0 spiro atoms. The second kappa shape index (κ2) is 6.66. The molecular formula is C12H24N4O3S. The predicted molar refractivity (Wildman–Crippen MR) is 77.0 cm³/mol. The fraction of sp³-hybridized carbons (Fsp3) is 0.750. The Kier molecular flexibility index (Phi) is 5.69. The van der Waals surface area contributed by atoms with Gasteiger partial charge in [0.25, 0.3) is 10.0 Å². The van der Waals surface area contributed by atoms with Gasteiger partial charge in [-0.2, -0.15) is 5.10 Å². The first-order valence-electron chi connectivity index (χ1n) is 6.51. The molecule has 0 atom stereocenters. The zero-order chi connectivity index (χ0) is 15.4. The molecule has 20 heavy (non-hydrogen) atoms. The van der Waals surface area contributed by atoms with E-state index >= 15 is 0 Å². The van der Waals surface area contributed by atoms with Crippen LogP contribution < -0.4 is 10.0 Å². The summed E-state index contributed by atoms with van der Waals surface area (Å²) in [5.41, 5.74) is 0.707. The number of H-pyrrole nitrogens is 1. The number of aromatic amines is 1. The standard InChI is InChI=1S/C12H24N4O3S/c1-6-13-7-10-9(2)14-15-11(10)20(17,18)16-12(3,4)8-19-5/h13,16H,6-8H2,1-5H3,(H,14,15). The molecule has 1 rings (SSSR count). The predicted octanol–water partition coefficient (Wildman–Crippen LogP) is 0.531. The van der Waals surface area contributed by atoms with Gasteiger partial charge in [-0.3, -0.25) is 5.10 Å². The molecule has 1 heterocycles. The lowest BCUT2D eigenvalue weighted by molar-refractivity contribution is 0.141. The maximum Gasteiger partial charge on any atom is 0.260 e. The monoisotopic (exact) mass is 304 g/mol. The highest BCUT2D eigenvalue weighted by Gasteiger charge is 2.30.